The topological polar surface area (TPSA) is 30.7 Å². The van der Waals surface area contributed by atoms with Crippen molar-refractivity contribution in [1.29, 1.82) is 0 Å². The number of para-hydroxylation sites is 2. The van der Waals surface area contributed by atoms with E-state index in [2.05, 4.69) is 91.2 Å². The van der Waals surface area contributed by atoms with Gasteiger partial charge < -0.3 is 0 Å². The van der Waals surface area contributed by atoms with E-state index in [0.717, 1.165) is 21.9 Å². The molecule has 6 rings (SSSR count). The molecule has 3 heterocycles. The van der Waals surface area contributed by atoms with Crippen molar-refractivity contribution in [3.63, 3.8) is 0 Å². The summed E-state index contributed by atoms with van der Waals surface area (Å²) < 4.78 is 4.71. The summed E-state index contributed by atoms with van der Waals surface area (Å²) in [4.78, 5) is 10.1. The highest BCUT2D eigenvalue weighted by atomic mass is 32.1. The van der Waals surface area contributed by atoms with E-state index in [1.807, 2.05) is 0 Å². The van der Waals surface area contributed by atoms with Crippen LogP contribution in [0.4, 0.5) is 0 Å². The van der Waals surface area contributed by atoms with Gasteiger partial charge in [0.2, 0.25) is 0 Å². The molecule has 4 heteroatoms. The lowest BCUT2D eigenvalue weighted by Crippen LogP contribution is -2.04. The molecule has 0 aliphatic heterocycles. The van der Waals surface area contributed by atoms with Crippen LogP contribution in [-0.4, -0.2) is 14.5 Å². The summed E-state index contributed by atoms with van der Waals surface area (Å²) in [6, 6.07) is 25.7. The fourth-order valence-corrected chi connectivity index (χ4v) is 5.28. The third-order valence-electron chi connectivity index (χ3n) is 5.53. The van der Waals surface area contributed by atoms with Gasteiger partial charge in [0, 0.05) is 26.8 Å². The van der Waals surface area contributed by atoms with Gasteiger partial charge in [0.25, 0.3) is 0 Å². The Balaban J connectivity index is 1.85. The number of thiophene rings is 1. The fourth-order valence-electron chi connectivity index (χ4n) is 4.15. The summed E-state index contributed by atoms with van der Waals surface area (Å²) in [7, 11) is 0. The molecule has 0 aliphatic rings. The van der Waals surface area contributed by atoms with Crippen molar-refractivity contribution in [2.75, 3.05) is 0 Å². The van der Waals surface area contributed by atoms with Gasteiger partial charge in [-0.25, -0.2) is 9.97 Å². The molecule has 6 aromatic rings. The number of aromatic nitrogens is 3. The van der Waals surface area contributed by atoms with Crippen molar-refractivity contribution in [1.82, 2.24) is 14.5 Å². The van der Waals surface area contributed by atoms with Crippen LogP contribution in [0.25, 0.3) is 47.9 Å². The van der Waals surface area contributed by atoms with Crippen molar-refractivity contribution >= 4 is 53.4 Å². The summed E-state index contributed by atoms with van der Waals surface area (Å²) in [5.41, 5.74) is 3.42. The minimum absolute atomic E-state index is 0.255. The zero-order chi connectivity index (χ0) is 19.5. The summed E-state index contributed by atoms with van der Waals surface area (Å²) in [5.74, 6) is 2.13. The smallest absolute Gasteiger partial charge is 0.159 e. The lowest BCUT2D eigenvalue weighted by molar-refractivity contribution is 0.777. The summed E-state index contributed by atoms with van der Waals surface area (Å²) in [6.07, 6.45) is 0. The van der Waals surface area contributed by atoms with E-state index < -0.39 is 0 Å². The van der Waals surface area contributed by atoms with Gasteiger partial charge >= 0.3 is 0 Å². The first-order valence-electron chi connectivity index (χ1n) is 9.90. The number of hydrogen-bond acceptors (Lipinski definition) is 3. The minimum atomic E-state index is 0.255. The van der Waals surface area contributed by atoms with E-state index in [1.165, 1.54) is 31.9 Å². The molecule has 29 heavy (non-hydrogen) atoms. The second-order valence-electron chi connectivity index (χ2n) is 7.71. The molecule has 0 saturated heterocycles. The van der Waals surface area contributed by atoms with Gasteiger partial charge in [0.1, 0.15) is 5.82 Å². The van der Waals surface area contributed by atoms with Crippen LogP contribution in [0, 0.1) is 0 Å². The second kappa shape index (κ2) is 6.13. The number of fused-ring (bicyclic) bond motifs is 6. The van der Waals surface area contributed by atoms with Gasteiger partial charge in [-0.05, 0) is 18.2 Å². The van der Waals surface area contributed by atoms with Crippen LogP contribution in [0.15, 0.2) is 72.8 Å². The molecule has 0 amide bonds. The predicted octanol–water partition coefficient (Wildman–Crippen LogP) is 7.07. The van der Waals surface area contributed by atoms with Crippen molar-refractivity contribution in [3.8, 4) is 5.82 Å². The molecule has 0 spiro atoms. The lowest BCUT2D eigenvalue weighted by Gasteiger charge is -2.11. The monoisotopic (exact) mass is 393 g/mol. The molecule has 140 valence electrons. The molecular weight excluding hydrogens is 374 g/mol. The van der Waals surface area contributed by atoms with E-state index in [-0.39, 0.29) is 5.92 Å². The number of hydrogen-bond donors (Lipinski definition) is 0. The van der Waals surface area contributed by atoms with Crippen LogP contribution in [0.3, 0.4) is 0 Å². The molecule has 0 aliphatic carbocycles. The average Bonchev–Trinajstić information content (AvgIpc) is 3.29. The standard InChI is InChI=1S/C25H19N3S/c1-15(2)24-26-22-18-11-5-8-14-21(18)29-23(22)25(27-24)28-19-12-6-3-9-16(19)17-10-4-7-13-20(17)28/h3-15H,1-2H3. The Morgan fingerprint density at radius 1 is 0.724 bits per heavy atom. The first-order valence-corrected chi connectivity index (χ1v) is 10.7. The average molecular weight is 394 g/mol. The normalized spacial score (nSPS) is 12.1. The molecule has 0 bridgehead atoms. The number of rotatable bonds is 2. The molecule has 0 N–H and O–H groups in total. The maximum Gasteiger partial charge on any atom is 0.159 e. The van der Waals surface area contributed by atoms with Gasteiger partial charge in [0.05, 0.1) is 21.3 Å². The van der Waals surface area contributed by atoms with Crippen LogP contribution in [-0.2, 0) is 0 Å². The summed E-state index contributed by atoms with van der Waals surface area (Å²) in [6.45, 7) is 4.32. The van der Waals surface area contributed by atoms with Crippen LogP contribution in [0.1, 0.15) is 25.6 Å². The second-order valence-corrected chi connectivity index (χ2v) is 8.76. The quantitative estimate of drug-likeness (QED) is 0.315. The van der Waals surface area contributed by atoms with E-state index in [9.17, 15) is 0 Å². The van der Waals surface area contributed by atoms with Gasteiger partial charge in [-0.3, -0.25) is 4.57 Å². The number of benzene rings is 3. The molecule has 3 aromatic heterocycles. The fraction of sp³-hybridized carbons (Fsp3) is 0.120. The van der Waals surface area contributed by atoms with Gasteiger partial charge in [-0.2, -0.15) is 0 Å². The Labute approximate surface area is 172 Å². The van der Waals surface area contributed by atoms with Crippen LogP contribution in [0.5, 0.6) is 0 Å². The van der Waals surface area contributed by atoms with E-state index in [1.54, 1.807) is 11.3 Å². The van der Waals surface area contributed by atoms with Crippen molar-refractivity contribution in [2.45, 2.75) is 19.8 Å². The van der Waals surface area contributed by atoms with Crippen LogP contribution < -0.4 is 0 Å². The first-order chi connectivity index (χ1) is 14.2. The highest BCUT2D eigenvalue weighted by Crippen LogP contribution is 2.39. The summed E-state index contributed by atoms with van der Waals surface area (Å²) in [5, 5.41) is 3.71. The Morgan fingerprint density at radius 2 is 1.31 bits per heavy atom. The molecule has 0 saturated carbocycles. The molecule has 0 unspecified atom stereocenters. The SMILES string of the molecule is CC(C)c1nc(-n2c3ccccc3c3ccccc32)c2sc3ccccc3c2n1. The Hall–Kier alpha value is -3.24. The van der Waals surface area contributed by atoms with Crippen molar-refractivity contribution < 1.29 is 0 Å². The lowest BCUT2D eigenvalue weighted by atomic mass is 10.2. The minimum Gasteiger partial charge on any atom is -0.292 e. The van der Waals surface area contributed by atoms with Gasteiger partial charge in [0.15, 0.2) is 5.82 Å². The molecule has 3 nitrogen and oxygen atoms in total. The first kappa shape index (κ1) is 16.7. The van der Waals surface area contributed by atoms with Crippen LogP contribution >= 0.6 is 11.3 Å². The maximum absolute atomic E-state index is 5.10. The maximum atomic E-state index is 5.10. The van der Waals surface area contributed by atoms with Gasteiger partial charge in [-0.15, -0.1) is 11.3 Å². The van der Waals surface area contributed by atoms with Crippen molar-refractivity contribution in [3.05, 3.63) is 78.6 Å². The predicted molar refractivity (Wildman–Crippen MR) is 123 cm³/mol. The zero-order valence-corrected chi connectivity index (χ0v) is 17.1. The zero-order valence-electron chi connectivity index (χ0n) is 16.3. The van der Waals surface area contributed by atoms with Crippen LogP contribution in [0.2, 0.25) is 0 Å². The molecular formula is C25H19N3S. The number of nitrogens with zero attached hydrogens (tertiary/aromatic N) is 3. The molecule has 0 radical (unpaired) electrons. The third kappa shape index (κ3) is 2.36. The van der Waals surface area contributed by atoms with Crippen molar-refractivity contribution in [2.24, 2.45) is 0 Å². The molecule has 0 atom stereocenters. The largest absolute Gasteiger partial charge is 0.292 e. The summed E-state index contributed by atoms with van der Waals surface area (Å²) >= 11 is 1.78. The Bertz CT molecular complexity index is 1490. The Morgan fingerprint density at radius 3 is 1.97 bits per heavy atom. The van der Waals surface area contributed by atoms with E-state index in [0.29, 0.717) is 0 Å². The Kier molecular flexibility index (Phi) is 3.53. The third-order valence-corrected chi connectivity index (χ3v) is 6.68. The highest BCUT2D eigenvalue weighted by Gasteiger charge is 2.20. The van der Waals surface area contributed by atoms with E-state index in [4.69, 9.17) is 9.97 Å². The van der Waals surface area contributed by atoms with Gasteiger partial charge in [-0.1, -0.05) is 68.4 Å². The highest BCUT2D eigenvalue weighted by molar-refractivity contribution is 7.26. The molecule has 0 fully saturated rings. The molecule has 3 aromatic carbocycles. The van der Waals surface area contributed by atoms with E-state index >= 15 is 0 Å².